The zero-order valence-corrected chi connectivity index (χ0v) is 10.8. The summed E-state index contributed by atoms with van der Waals surface area (Å²) in [4.78, 5) is -0.424. The molecule has 0 spiro atoms. The van der Waals surface area contributed by atoms with Crippen LogP contribution in [0.2, 0.25) is 0 Å². The van der Waals surface area contributed by atoms with Crippen LogP contribution in [0.4, 0.5) is 11.4 Å². The van der Waals surface area contributed by atoms with Crippen molar-refractivity contribution in [2.75, 3.05) is 11.5 Å². The monoisotopic (exact) mass is 224 g/mol. The van der Waals surface area contributed by atoms with Crippen LogP contribution < -0.4 is 41.0 Å². The molecule has 72 valence electrons. The molecule has 1 aromatic carbocycles. The van der Waals surface area contributed by atoms with Crippen molar-refractivity contribution in [3.8, 4) is 0 Å². The number of aryl methyl sites for hydroxylation is 1. The predicted molar refractivity (Wildman–Crippen MR) is 48.0 cm³/mol. The normalized spacial score (nSPS) is 10.7. The molecule has 4 N–H and O–H groups in total. The minimum absolute atomic E-state index is 0. The topological polar surface area (TPSA) is 109 Å². The summed E-state index contributed by atoms with van der Waals surface area (Å²) in [5, 5.41) is 0. The van der Waals surface area contributed by atoms with Crippen LogP contribution in [0.3, 0.4) is 0 Å². The maximum atomic E-state index is 10.7. The summed E-state index contributed by atoms with van der Waals surface area (Å²) in [5.41, 5.74) is 11.0. The van der Waals surface area contributed by atoms with Crippen molar-refractivity contribution in [3.05, 3.63) is 17.7 Å². The fourth-order valence-electron chi connectivity index (χ4n) is 1.06. The molecule has 0 aromatic heterocycles. The van der Waals surface area contributed by atoms with Crippen LogP contribution in [-0.2, 0) is 10.1 Å². The van der Waals surface area contributed by atoms with E-state index in [1.54, 1.807) is 0 Å². The van der Waals surface area contributed by atoms with E-state index in [4.69, 9.17) is 11.5 Å². The fourth-order valence-corrected chi connectivity index (χ4v) is 1.91. The molecule has 0 saturated carbocycles. The Balaban J connectivity index is 0.00000169. The third-order valence-corrected chi connectivity index (χ3v) is 2.72. The van der Waals surface area contributed by atoms with Crippen LogP contribution in [-0.4, -0.2) is 13.0 Å². The Morgan fingerprint density at radius 2 is 1.79 bits per heavy atom. The van der Waals surface area contributed by atoms with E-state index in [-0.39, 0.29) is 40.9 Å². The van der Waals surface area contributed by atoms with E-state index in [9.17, 15) is 13.0 Å². The van der Waals surface area contributed by atoms with E-state index < -0.39 is 15.0 Å². The summed E-state index contributed by atoms with van der Waals surface area (Å²) < 4.78 is 32.2. The molecule has 0 aliphatic carbocycles. The Labute approximate surface area is 105 Å². The standard InChI is InChI=1S/C7H10N2O3S.Na/c1-4-2-3-5(8)6(9)7(4)13(10,11)12;/h2-3H,8-9H2,1H3,(H,10,11,12);/q;+1/p-1. The molecule has 0 heterocycles. The molecule has 0 radical (unpaired) electrons. The second kappa shape index (κ2) is 4.50. The molecule has 0 fully saturated rings. The molecule has 7 heteroatoms. The Morgan fingerprint density at radius 3 is 2.14 bits per heavy atom. The zero-order chi connectivity index (χ0) is 10.2. The van der Waals surface area contributed by atoms with Crippen LogP contribution in [0.25, 0.3) is 0 Å². The van der Waals surface area contributed by atoms with Crippen molar-refractivity contribution >= 4 is 21.5 Å². The molecule has 0 atom stereocenters. The van der Waals surface area contributed by atoms with Crippen molar-refractivity contribution in [2.24, 2.45) is 0 Å². The molecular weight excluding hydrogens is 215 g/mol. The number of rotatable bonds is 1. The second-order valence-electron chi connectivity index (χ2n) is 2.67. The Hall–Kier alpha value is -0.270. The van der Waals surface area contributed by atoms with Gasteiger partial charge in [-0.2, -0.15) is 0 Å². The number of hydrogen-bond acceptors (Lipinski definition) is 5. The first-order valence-corrected chi connectivity index (χ1v) is 4.85. The van der Waals surface area contributed by atoms with Crippen molar-refractivity contribution in [1.29, 1.82) is 0 Å². The van der Waals surface area contributed by atoms with Gasteiger partial charge in [0.1, 0.15) is 10.1 Å². The predicted octanol–water partition coefficient (Wildman–Crippen LogP) is -2.93. The number of nitrogen functional groups attached to an aromatic ring is 2. The van der Waals surface area contributed by atoms with E-state index in [1.807, 2.05) is 0 Å². The summed E-state index contributed by atoms with van der Waals surface area (Å²) >= 11 is 0. The molecule has 0 aliphatic rings. The van der Waals surface area contributed by atoms with Crippen LogP contribution in [0.1, 0.15) is 5.56 Å². The van der Waals surface area contributed by atoms with Gasteiger partial charge >= 0.3 is 29.6 Å². The van der Waals surface area contributed by atoms with Gasteiger partial charge in [0.25, 0.3) is 0 Å². The molecular formula is C7H9N2NaO3S. The smallest absolute Gasteiger partial charge is 0.744 e. The maximum Gasteiger partial charge on any atom is 1.00 e. The number of nitrogens with two attached hydrogens (primary N) is 2. The first kappa shape index (κ1) is 13.7. The number of hydrogen-bond donors (Lipinski definition) is 2. The summed E-state index contributed by atoms with van der Waals surface area (Å²) in [6, 6.07) is 2.90. The SMILES string of the molecule is Cc1ccc(N)c(N)c1S(=O)(=O)[O-].[Na+]. The molecule has 0 unspecified atom stereocenters. The summed E-state index contributed by atoms with van der Waals surface area (Å²) in [6.07, 6.45) is 0. The first-order valence-electron chi connectivity index (χ1n) is 3.44. The number of benzene rings is 1. The van der Waals surface area contributed by atoms with Crippen LogP contribution in [0.15, 0.2) is 17.0 Å². The molecule has 0 bridgehead atoms. The number of anilines is 2. The molecule has 14 heavy (non-hydrogen) atoms. The van der Waals surface area contributed by atoms with Gasteiger partial charge in [-0.05, 0) is 18.6 Å². The quantitative estimate of drug-likeness (QED) is 0.301. The second-order valence-corrected chi connectivity index (χ2v) is 3.99. The maximum absolute atomic E-state index is 10.7. The van der Waals surface area contributed by atoms with E-state index in [0.717, 1.165) is 0 Å². The minimum Gasteiger partial charge on any atom is -0.744 e. The van der Waals surface area contributed by atoms with Crippen LogP contribution in [0.5, 0.6) is 0 Å². The average molecular weight is 224 g/mol. The summed E-state index contributed by atoms with van der Waals surface area (Å²) in [7, 11) is -4.54. The van der Waals surface area contributed by atoms with Gasteiger partial charge in [0.15, 0.2) is 0 Å². The van der Waals surface area contributed by atoms with Gasteiger partial charge < -0.3 is 16.0 Å². The molecule has 0 amide bonds. The van der Waals surface area contributed by atoms with E-state index in [2.05, 4.69) is 0 Å². The largest absolute Gasteiger partial charge is 1.00 e. The van der Waals surface area contributed by atoms with Gasteiger partial charge in [-0.25, -0.2) is 8.42 Å². The van der Waals surface area contributed by atoms with E-state index >= 15 is 0 Å². The van der Waals surface area contributed by atoms with Gasteiger partial charge in [-0.3, -0.25) is 0 Å². The van der Waals surface area contributed by atoms with Crippen molar-refractivity contribution in [3.63, 3.8) is 0 Å². The zero-order valence-electron chi connectivity index (χ0n) is 7.94. The van der Waals surface area contributed by atoms with Crippen LogP contribution in [0, 0.1) is 6.92 Å². The molecule has 0 saturated heterocycles. The van der Waals surface area contributed by atoms with E-state index in [1.165, 1.54) is 19.1 Å². The van der Waals surface area contributed by atoms with Crippen molar-refractivity contribution in [1.82, 2.24) is 0 Å². The Morgan fingerprint density at radius 1 is 1.29 bits per heavy atom. The molecule has 0 aliphatic heterocycles. The summed E-state index contributed by atoms with van der Waals surface area (Å²) in [5.74, 6) is 0. The van der Waals surface area contributed by atoms with Crippen molar-refractivity contribution in [2.45, 2.75) is 11.8 Å². The van der Waals surface area contributed by atoms with Gasteiger partial charge in [0, 0.05) is 0 Å². The van der Waals surface area contributed by atoms with E-state index in [0.29, 0.717) is 5.56 Å². The first-order chi connectivity index (χ1) is 5.84. The van der Waals surface area contributed by atoms with Gasteiger partial charge in [-0.15, -0.1) is 0 Å². The van der Waals surface area contributed by atoms with Gasteiger partial charge in [0.2, 0.25) is 0 Å². The molecule has 1 rings (SSSR count). The van der Waals surface area contributed by atoms with Crippen molar-refractivity contribution < 1.29 is 42.5 Å². The third kappa shape index (κ3) is 2.61. The Bertz CT molecular complexity index is 444. The third-order valence-electron chi connectivity index (χ3n) is 1.68. The Kier molecular flexibility index (Phi) is 4.41. The molecule has 1 aromatic rings. The molecule has 5 nitrogen and oxygen atoms in total. The average Bonchev–Trinajstić information content (AvgIpc) is 1.95. The minimum atomic E-state index is -4.54. The summed E-state index contributed by atoms with van der Waals surface area (Å²) in [6.45, 7) is 1.49. The van der Waals surface area contributed by atoms with Crippen LogP contribution >= 0.6 is 0 Å². The fraction of sp³-hybridized carbons (Fsp3) is 0.143. The van der Waals surface area contributed by atoms with Gasteiger partial charge in [0.05, 0.1) is 16.3 Å². The van der Waals surface area contributed by atoms with Gasteiger partial charge in [-0.1, -0.05) is 6.07 Å².